The molecule has 1 amide bonds. The maximum atomic E-state index is 13.2. The van der Waals surface area contributed by atoms with Crippen molar-refractivity contribution in [1.29, 1.82) is 0 Å². The van der Waals surface area contributed by atoms with Gasteiger partial charge in [-0.1, -0.05) is 19.3 Å². The molecule has 2 heterocycles. The Bertz CT molecular complexity index is 719. The summed E-state index contributed by atoms with van der Waals surface area (Å²) in [6.07, 6.45) is 7.66. The maximum Gasteiger partial charge on any atom is 0.340 e. The molecule has 1 aromatic heterocycles. The monoisotopic (exact) mass is 403 g/mol. The number of carbonyl (C=O) groups excluding carboxylic acids is 2. The fourth-order valence-corrected chi connectivity index (χ4v) is 4.79. The van der Waals surface area contributed by atoms with Gasteiger partial charge in [-0.3, -0.25) is 4.79 Å². The summed E-state index contributed by atoms with van der Waals surface area (Å²) in [6.45, 7) is 12.0. The number of nitrogens with zero attached hydrogens (tertiary/aromatic N) is 2. The Morgan fingerprint density at radius 2 is 1.76 bits per heavy atom. The highest BCUT2D eigenvalue weighted by molar-refractivity contribution is 6.00. The van der Waals surface area contributed by atoms with Gasteiger partial charge in [-0.2, -0.15) is 0 Å². The average Bonchev–Trinajstić information content (AvgIpc) is 2.83. The summed E-state index contributed by atoms with van der Waals surface area (Å²) >= 11 is 0. The van der Waals surface area contributed by atoms with Gasteiger partial charge in [0, 0.05) is 31.9 Å². The van der Waals surface area contributed by atoms with E-state index in [1.165, 1.54) is 38.6 Å². The number of nitrogens with one attached hydrogen (secondary N) is 1. The van der Waals surface area contributed by atoms with Crippen molar-refractivity contribution in [2.24, 2.45) is 5.92 Å². The predicted octanol–water partition coefficient (Wildman–Crippen LogP) is 3.92. The third-order valence-electron chi connectivity index (χ3n) is 6.32. The number of aryl methyl sites for hydroxylation is 1. The van der Waals surface area contributed by atoms with E-state index in [9.17, 15) is 9.59 Å². The van der Waals surface area contributed by atoms with Crippen molar-refractivity contribution in [3.8, 4) is 0 Å². The lowest BCUT2D eigenvalue weighted by Crippen LogP contribution is -2.37. The quantitative estimate of drug-likeness (QED) is 0.757. The predicted molar refractivity (Wildman–Crippen MR) is 114 cm³/mol. The first-order valence-corrected chi connectivity index (χ1v) is 11.3. The van der Waals surface area contributed by atoms with E-state index in [1.807, 2.05) is 32.6 Å². The van der Waals surface area contributed by atoms with Crippen LogP contribution in [0.25, 0.3) is 0 Å². The summed E-state index contributed by atoms with van der Waals surface area (Å²) in [7, 11) is 0. The molecule has 0 spiro atoms. The van der Waals surface area contributed by atoms with Crippen molar-refractivity contribution < 1.29 is 14.3 Å². The summed E-state index contributed by atoms with van der Waals surface area (Å²) < 4.78 is 5.35. The van der Waals surface area contributed by atoms with Crippen LogP contribution in [-0.2, 0) is 4.74 Å². The number of aromatic nitrogens is 1. The van der Waals surface area contributed by atoms with Crippen LogP contribution < -0.4 is 0 Å². The summed E-state index contributed by atoms with van der Waals surface area (Å²) in [5.41, 5.74) is 2.42. The van der Waals surface area contributed by atoms with Crippen molar-refractivity contribution >= 4 is 11.9 Å². The molecule has 2 fully saturated rings. The number of hydrogen-bond donors (Lipinski definition) is 1. The number of H-pyrrole nitrogens is 1. The van der Waals surface area contributed by atoms with Gasteiger partial charge in [0.05, 0.1) is 11.7 Å². The van der Waals surface area contributed by atoms with Crippen LogP contribution in [0.15, 0.2) is 0 Å². The van der Waals surface area contributed by atoms with Gasteiger partial charge in [0.15, 0.2) is 0 Å². The molecule has 1 saturated carbocycles. The number of amides is 1. The molecule has 1 aliphatic carbocycles. The third-order valence-corrected chi connectivity index (χ3v) is 6.32. The Labute approximate surface area is 175 Å². The fourth-order valence-electron chi connectivity index (χ4n) is 4.79. The molecule has 1 aliphatic heterocycles. The molecule has 1 saturated heterocycles. The van der Waals surface area contributed by atoms with Gasteiger partial charge in [0.1, 0.15) is 5.69 Å². The largest absolute Gasteiger partial charge is 0.459 e. The van der Waals surface area contributed by atoms with E-state index < -0.39 is 0 Å². The molecule has 3 rings (SSSR count). The summed E-state index contributed by atoms with van der Waals surface area (Å²) in [4.78, 5) is 33.3. The van der Waals surface area contributed by atoms with Crippen molar-refractivity contribution in [1.82, 2.24) is 14.8 Å². The molecule has 0 bridgehead atoms. The molecule has 162 valence electrons. The lowest BCUT2D eigenvalue weighted by atomic mass is 9.89. The number of rotatable bonds is 5. The molecular weight excluding hydrogens is 366 g/mol. The minimum absolute atomic E-state index is 0.00582. The molecule has 1 aromatic rings. The van der Waals surface area contributed by atoms with Crippen LogP contribution in [-0.4, -0.2) is 65.5 Å². The molecule has 0 unspecified atom stereocenters. The Kier molecular flexibility index (Phi) is 7.38. The van der Waals surface area contributed by atoms with Crippen LogP contribution in [0.1, 0.15) is 84.5 Å². The van der Waals surface area contributed by atoms with Crippen LogP contribution in [0, 0.1) is 19.8 Å². The van der Waals surface area contributed by atoms with Crippen molar-refractivity contribution in [2.75, 3.05) is 32.7 Å². The number of carbonyl (C=O) groups is 2. The molecule has 0 radical (unpaired) electrons. The van der Waals surface area contributed by atoms with Gasteiger partial charge in [-0.15, -0.1) is 0 Å². The van der Waals surface area contributed by atoms with E-state index in [1.54, 1.807) is 0 Å². The Morgan fingerprint density at radius 1 is 1.03 bits per heavy atom. The highest BCUT2D eigenvalue weighted by Gasteiger charge is 2.28. The molecule has 6 nitrogen and oxygen atoms in total. The van der Waals surface area contributed by atoms with E-state index in [4.69, 9.17) is 4.74 Å². The van der Waals surface area contributed by atoms with Gasteiger partial charge >= 0.3 is 5.97 Å². The molecule has 0 aromatic carbocycles. The van der Waals surface area contributed by atoms with E-state index in [2.05, 4.69) is 9.88 Å². The molecule has 29 heavy (non-hydrogen) atoms. The van der Waals surface area contributed by atoms with Crippen LogP contribution in [0.4, 0.5) is 0 Å². The van der Waals surface area contributed by atoms with Crippen molar-refractivity contribution in [3.63, 3.8) is 0 Å². The maximum absolute atomic E-state index is 13.2. The first-order chi connectivity index (χ1) is 13.9. The van der Waals surface area contributed by atoms with Crippen molar-refractivity contribution in [2.45, 2.75) is 72.3 Å². The zero-order valence-electron chi connectivity index (χ0n) is 18.6. The summed E-state index contributed by atoms with van der Waals surface area (Å²) in [5, 5.41) is 0. The topological polar surface area (TPSA) is 65.6 Å². The molecule has 6 heteroatoms. The lowest BCUT2D eigenvalue weighted by Gasteiger charge is -2.28. The standard InChI is InChI=1S/C23H37N3O3/c1-16(2)29-23(28)20-17(3)21(24-18(20)4)22(27)26-12-8-11-25(13-14-26)15-19-9-6-5-7-10-19/h16,19,24H,5-15H2,1-4H3. The highest BCUT2D eigenvalue weighted by Crippen LogP contribution is 2.25. The Morgan fingerprint density at radius 3 is 2.45 bits per heavy atom. The van der Waals surface area contributed by atoms with E-state index in [0.29, 0.717) is 22.5 Å². The van der Waals surface area contributed by atoms with Crippen molar-refractivity contribution in [3.05, 3.63) is 22.5 Å². The van der Waals surface area contributed by atoms with Crippen LogP contribution in [0.5, 0.6) is 0 Å². The zero-order valence-corrected chi connectivity index (χ0v) is 18.6. The van der Waals surface area contributed by atoms with Gasteiger partial charge < -0.3 is 19.5 Å². The van der Waals surface area contributed by atoms with Gasteiger partial charge in [0.25, 0.3) is 5.91 Å². The second kappa shape index (κ2) is 9.79. The SMILES string of the molecule is Cc1[nH]c(C(=O)N2CCCN(CC3CCCCC3)CC2)c(C)c1C(=O)OC(C)C. The van der Waals surface area contributed by atoms with E-state index in [-0.39, 0.29) is 18.0 Å². The van der Waals surface area contributed by atoms with Crippen LogP contribution in [0.3, 0.4) is 0 Å². The Hall–Kier alpha value is -1.82. The molecule has 0 atom stereocenters. The molecule has 1 N–H and O–H groups in total. The first kappa shape index (κ1) is 21.9. The summed E-state index contributed by atoms with van der Waals surface area (Å²) in [6, 6.07) is 0. The Balaban J connectivity index is 1.64. The lowest BCUT2D eigenvalue weighted by molar-refractivity contribution is 0.0376. The average molecular weight is 404 g/mol. The van der Waals surface area contributed by atoms with Crippen LogP contribution in [0.2, 0.25) is 0 Å². The number of hydrogen-bond acceptors (Lipinski definition) is 4. The van der Waals surface area contributed by atoms with E-state index >= 15 is 0 Å². The van der Waals surface area contributed by atoms with Gasteiger partial charge in [-0.25, -0.2) is 4.79 Å². The zero-order chi connectivity index (χ0) is 21.0. The van der Waals surface area contributed by atoms with Gasteiger partial charge in [0.2, 0.25) is 0 Å². The minimum Gasteiger partial charge on any atom is -0.459 e. The second-order valence-corrected chi connectivity index (χ2v) is 9.03. The minimum atomic E-state index is -0.361. The fraction of sp³-hybridized carbons (Fsp3) is 0.739. The number of esters is 1. The van der Waals surface area contributed by atoms with Crippen LogP contribution >= 0.6 is 0 Å². The van der Waals surface area contributed by atoms with Gasteiger partial charge in [-0.05, 0) is 65.0 Å². The highest BCUT2D eigenvalue weighted by atomic mass is 16.5. The third kappa shape index (κ3) is 5.41. The smallest absolute Gasteiger partial charge is 0.340 e. The summed E-state index contributed by atoms with van der Waals surface area (Å²) in [5.74, 6) is 0.461. The normalized spacial score (nSPS) is 19.4. The van der Waals surface area contributed by atoms with E-state index in [0.717, 1.165) is 38.5 Å². The number of aromatic amines is 1. The molecular formula is C23H37N3O3. The second-order valence-electron chi connectivity index (χ2n) is 9.03. The number of ether oxygens (including phenoxy) is 1. The molecule has 2 aliphatic rings. The first-order valence-electron chi connectivity index (χ1n) is 11.3.